The van der Waals surface area contributed by atoms with Crippen LogP contribution in [0.4, 0.5) is 4.39 Å². The zero-order valence-electron chi connectivity index (χ0n) is 8.13. The Balaban J connectivity index is 2.54. The maximum absolute atomic E-state index is 13.4. The maximum Gasteiger partial charge on any atom is 0.307 e. The number of aromatic nitrogens is 1. The molecule has 1 aromatic heterocycles. The lowest BCUT2D eigenvalue weighted by Gasteiger charge is -2.03. The largest absolute Gasteiger partial charge is 0.481 e. The van der Waals surface area contributed by atoms with E-state index in [0.717, 1.165) is 0 Å². The fourth-order valence-electron chi connectivity index (χ4n) is 2.03. The van der Waals surface area contributed by atoms with Gasteiger partial charge in [0, 0.05) is 5.69 Å². The number of halogens is 1. The summed E-state index contributed by atoms with van der Waals surface area (Å²) >= 11 is 0. The number of fused-ring (bicyclic) bond motifs is 1. The number of aryl methyl sites for hydroxylation is 1. The average Bonchev–Trinajstić information content (AvgIpc) is 2.59. The van der Waals surface area contributed by atoms with E-state index in [-0.39, 0.29) is 12.0 Å². The number of hydrogen-bond donors (Lipinski definition) is 2. The summed E-state index contributed by atoms with van der Waals surface area (Å²) in [6.45, 7) is 1.66. The first kappa shape index (κ1) is 9.89. The number of aliphatic carboxylic acids is 1. The van der Waals surface area contributed by atoms with Crippen LogP contribution in [-0.2, 0) is 17.6 Å². The number of pyridine rings is 1. The van der Waals surface area contributed by atoms with Crippen molar-refractivity contribution in [2.75, 3.05) is 0 Å². The molecule has 0 aliphatic heterocycles. The van der Waals surface area contributed by atoms with Gasteiger partial charge < -0.3 is 10.1 Å². The van der Waals surface area contributed by atoms with Crippen LogP contribution in [0.3, 0.4) is 0 Å². The Bertz CT molecular complexity index is 492. The molecule has 2 rings (SSSR count). The highest BCUT2D eigenvalue weighted by Crippen LogP contribution is 2.28. The van der Waals surface area contributed by atoms with Gasteiger partial charge in [-0.25, -0.2) is 4.39 Å². The quantitative estimate of drug-likeness (QED) is 0.715. The molecule has 0 bridgehead atoms. The highest BCUT2D eigenvalue weighted by atomic mass is 19.1. The van der Waals surface area contributed by atoms with Crippen LogP contribution in [0.25, 0.3) is 0 Å². The summed E-state index contributed by atoms with van der Waals surface area (Å²) in [7, 11) is 0. The number of rotatable bonds is 1. The number of aromatic amines is 1. The number of nitrogens with one attached hydrogen (secondary N) is 1. The molecule has 80 valence electrons. The van der Waals surface area contributed by atoms with E-state index in [9.17, 15) is 14.0 Å². The minimum atomic E-state index is -0.947. The average molecular weight is 211 g/mol. The van der Waals surface area contributed by atoms with Crippen molar-refractivity contribution in [2.24, 2.45) is 5.92 Å². The molecule has 1 aromatic rings. The Kier molecular flexibility index (Phi) is 2.10. The summed E-state index contributed by atoms with van der Waals surface area (Å²) < 4.78 is 13.4. The van der Waals surface area contributed by atoms with Crippen LogP contribution in [0, 0.1) is 18.7 Å². The van der Waals surface area contributed by atoms with Gasteiger partial charge in [-0.05, 0) is 30.9 Å². The predicted molar refractivity (Wildman–Crippen MR) is 50.3 cm³/mol. The van der Waals surface area contributed by atoms with Crippen molar-refractivity contribution in [3.8, 4) is 0 Å². The molecule has 1 aliphatic carbocycles. The normalized spacial score (nSPS) is 18.9. The van der Waals surface area contributed by atoms with Crippen molar-refractivity contribution in [3.05, 3.63) is 33.0 Å². The molecule has 0 saturated carbocycles. The number of carboxylic acids is 1. The van der Waals surface area contributed by atoms with Gasteiger partial charge >= 0.3 is 5.97 Å². The molecule has 1 heterocycles. The second-order valence-electron chi connectivity index (χ2n) is 3.79. The lowest BCUT2D eigenvalue weighted by atomic mass is 10.1. The molecule has 0 radical (unpaired) electrons. The Morgan fingerprint density at radius 3 is 2.67 bits per heavy atom. The number of carbonyl (C=O) groups is 1. The molecule has 2 N–H and O–H groups in total. The summed E-state index contributed by atoms with van der Waals surface area (Å²) in [6.07, 6.45) is 0.408. The summed E-state index contributed by atoms with van der Waals surface area (Å²) in [6, 6.07) is 0. The fraction of sp³-hybridized carbons (Fsp3) is 0.400. The van der Waals surface area contributed by atoms with E-state index in [2.05, 4.69) is 4.98 Å². The first-order valence-corrected chi connectivity index (χ1v) is 4.63. The number of carboxylic acid groups (broad SMARTS) is 1. The first-order valence-electron chi connectivity index (χ1n) is 4.63. The summed E-state index contributed by atoms with van der Waals surface area (Å²) in [4.78, 5) is 24.2. The monoisotopic (exact) mass is 211 g/mol. The lowest BCUT2D eigenvalue weighted by molar-refractivity contribution is -0.141. The Morgan fingerprint density at radius 1 is 1.47 bits per heavy atom. The third-order valence-corrected chi connectivity index (χ3v) is 2.83. The second-order valence-corrected chi connectivity index (χ2v) is 3.79. The van der Waals surface area contributed by atoms with Crippen LogP contribution >= 0.6 is 0 Å². The molecule has 1 atom stereocenters. The Morgan fingerprint density at radius 2 is 2.07 bits per heavy atom. The Hall–Kier alpha value is -1.65. The number of hydrogen-bond acceptors (Lipinski definition) is 2. The highest BCUT2D eigenvalue weighted by molar-refractivity contribution is 5.72. The second kappa shape index (κ2) is 3.18. The van der Waals surface area contributed by atoms with E-state index >= 15 is 0 Å². The van der Waals surface area contributed by atoms with Gasteiger partial charge in [0.15, 0.2) is 5.82 Å². The minimum Gasteiger partial charge on any atom is -0.481 e. The maximum atomic E-state index is 13.4. The molecule has 4 nitrogen and oxygen atoms in total. The van der Waals surface area contributed by atoms with Crippen LogP contribution in [-0.4, -0.2) is 16.1 Å². The van der Waals surface area contributed by atoms with E-state index in [4.69, 9.17) is 5.11 Å². The van der Waals surface area contributed by atoms with Gasteiger partial charge in [0.05, 0.1) is 5.92 Å². The molecular weight excluding hydrogens is 201 g/mol. The molecule has 1 unspecified atom stereocenters. The van der Waals surface area contributed by atoms with Gasteiger partial charge in [0.1, 0.15) is 0 Å². The lowest BCUT2D eigenvalue weighted by Crippen LogP contribution is -2.16. The van der Waals surface area contributed by atoms with Gasteiger partial charge in [-0.2, -0.15) is 0 Å². The van der Waals surface area contributed by atoms with E-state index < -0.39 is 23.3 Å². The molecule has 5 heteroatoms. The fourth-order valence-corrected chi connectivity index (χ4v) is 2.03. The van der Waals surface area contributed by atoms with Crippen LogP contribution in [0.2, 0.25) is 0 Å². The Labute approximate surface area is 84.8 Å². The predicted octanol–water partition coefficient (Wildman–Crippen LogP) is 0.622. The van der Waals surface area contributed by atoms with E-state index in [1.807, 2.05) is 0 Å². The zero-order valence-corrected chi connectivity index (χ0v) is 8.13. The molecule has 0 fully saturated rings. The van der Waals surface area contributed by atoms with E-state index in [1.165, 1.54) is 0 Å². The van der Waals surface area contributed by atoms with E-state index in [0.29, 0.717) is 17.7 Å². The van der Waals surface area contributed by atoms with Gasteiger partial charge in [0.25, 0.3) is 5.56 Å². The summed E-state index contributed by atoms with van der Waals surface area (Å²) in [5.74, 6) is -2.39. The van der Waals surface area contributed by atoms with E-state index in [1.54, 1.807) is 6.92 Å². The number of H-pyrrole nitrogens is 1. The van der Waals surface area contributed by atoms with Crippen LogP contribution in [0.5, 0.6) is 0 Å². The molecule has 0 amide bonds. The first-order chi connectivity index (χ1) is 7.00. The third-order valence-electron chi connectivity index (χ3n) is 2.83. The van der Waals surface area contributed by atoms with Crippen molar-refractivity contribution in [1.82, 2.24) is 4.98 Å². The smallest absolute Gasteiger partial charge is 0.307 e. The highest BCUT2D eigenvalue weighted by Gasteiger charge is 2.31. The van der Waals surface area contributed by atoms with Gasteiger partial charge in [0.2, 0.25) is 0 Å². The molecule has 15 heavy (non-hydrogen) atoms. The van der Waals surface area contributed by atoms with Gasteiger partial charge in [-0.1, -0.05) is 0 Å². The standard InChI is InChI=1S/C10H10FNO3/c1-4-6-2-5(10(14)15)3-7(6)8(11)9(13)12-4/h5H,2-3H2,1H3,(H,12,13)(H,14,15). The van der Waals surface area contributed by atoms with Crippen LogP contribution in [0.1, 0.15) is 16.8 Å². The molecule has 0 spiro atoms. The molecule has 1 aliphatic rings. The van der Waals surface area contributed by atoms with Crippen molar-refractivity contribution in [1.29, 1.82) is 0 Å². The van der Waals surface area contributed by atoms with Crippen molar-refractivity contribution < 1.29 is 14.3 Å². The molecular formula is C10H10FNO3. The molecule has 0 aromatic carbocycles. The van der Waals surface area contributed by atoms with Gasteiger partial charge in [-0.15, -0.1) is 0 Å². The minimum absolute atomic E-state index is 0.112. The molecule has 0 saturated heterocycles. The van der Waals surface area contributed by atoms with Crippen molar-refractivity contribution in [3.63, 3.8) is 0 Å². The zero-order chi connectivity index (χ0) is 11.2. The van der Waals surface area contributed by atoms with Crippen LogP contribution in [0.15, 0.2) is 4.79 Å². The third kappa shape index (κ3) is 1.44. The van der Waals surface area contributed by atoms with Crippen LogP contribution < -0.4 is 5.56 Å². The van der Waals surface area contributed by atoms with Gasteiger partial charge in [-0.3, -0.25) is 9.59 Å². The topological polar surface area (TPSA) is 70.2 Å². The summed E-state index contributed by atoms with van der Waals surface area (Å²) in [5.41, 5.74) is 0.709. The SMILES string of the molecule is Cc1[nH]c(=O)c(F)c2c1CC(C(=O)O)C2. The summed E-state index contributed by atoms with van der Waals surface area (Å²) in [5, 5.41) is 8.83. The van der Waals surface area contributed by atoms with Crippen molar-refractivity contribution >= 4 is 5.97 Å². The van der Waals surface area contributed by atoms with Crippen molar-refractivity contribution in [2.45, 2.75) is 19.8 Å².